The lowest BCUT2D eigenvalue weighted by molar-refractivity contribution is -0.111. The van der Waals surface area contributed by atoms with Crippen LogP contribution in [0.5, 0.6) is 0 Å². The summed E-state index contributed by atoms with van der Waals surface area (Å²) in [5.74, 6) is -0.269. The summed E-state index contributed by atoms with van der Waals surface area (Å²) in [5, 5.41) is 10.8. The number of rotatable bonds is 4. The molecule has 0 atom stereocenters. The zero-order valence-corrected chi connectivity index (χ0v) is 14.1. The van der Waals surface area contributed by atoms with Crippen molar-refractivity contribution in [3.05, 3.63) is 83.2 Å². The minimum absolute atomic E-state index is 0.234. The molecule has 4 rings (SSSR count). The van der Waals surface area contributed by atoms with Gasteiger partial charge in [0.25, 0.3) is 5.56 Å². The molecular formula is C20H15N5O2. The van der Waals surface area contributed by atoms with E-state index in [1.165, 1.54) is 6.08 Å². The van der Waals surface area contributed by atoms with Crippen molar-refractivity contribution in [2.24, 2.45) is 0 Å². The Morgan fingerprint density at radius 2 is 1.93 bits per heavy atom. The molecule has 27 heavy (non-hydrogen) atoms. The average molecular weight is 357 g/mol. The van der Waals surface area contributed by atoms with Gasteiger partial charge in [-0.1, -0.05) is 30.3 Å². The number of carbonyl (C=O) groups is 1. The lowest BCUT2D eigenvalue weighted by atomic mass is 10.0. The SMILES string of the molecule is O=C(/C=C/c1c[nH]cn1)Nc1cccc(-c2n[nH]c(=O)c3ccccc23)c1. The Morgan fingerprint density at radius 3 is 2.74 bits per heavy atom. The Morgan fingerprint density at radius 1 is 1.07 bits per heavy atom. The molecule has 0 radical (unpaired) electrons. The van der Waals surface area contributed by atoms with Crippen LogP contribution in [0.15, 0.2) is 71.9 Å². The molecule has 0 saturated carbocycles. The van der Waals surface area contributed by atoms with Crippen LogP contribution < -0.4 is 10.9 Å². The fraction of sp³-hybridized carbons (Fsp3) is 0. The molecule has 3 N–H and O–H groups in total. The Balaban J connectivity index is 1.63. The number of nitrogens with zero attached hydrogens (tertiary/aromatic N) is 2. The van der Waals surface area contributed by atoms with Gasteiger partial charge in [-0.2, -0.15) is 5.10 Å². The second-order valence-electron chi connectivity index (χ2n) is 5.84. The van der Waals surface area contributed by atoms with E-state index in [1.54, 1.807) is 30.7 Å². The van der Waals surface area contributed by atoms with Gasteiger partial charge < -0.3 is 10.3 Å². The van der Waals surface area contributed by atoms with Gasteiger partial charge in [0.1, 0.15) is 0 Å². The van der Waals surface area contributed by atoms with Crippen LogP contribution in [0.4, 0.5) is 5.69 Å². The van der Waals surface area contributed by atoms with Crippen molar-refractivity contribution >= 4 is 28.4 Å². The van der Waals surface area contributed by atoms with Crippen LogP contribution >= 0.6 is 0 Å². The van der Waals surface area contributed by atoms with E-state index in [9.17, 15) is 9.59 Å². The van der Waals surface area contributed by atoms with E-state index in [0.29, 0.717) is 22.5 Å². The first-order chi connectivity index (χ1) is 13.2. The lowest BCUT2D eigenvalue weighted by Crippen LogP contribution is -2.10. The van der Waals surface area contributed by atoms with Gasteiger partial charge in [-0.05, 0) is 24.3 Å². The molecular weight excluding hydrogens is 342 g/mol. The number of H-pyrrole nitrogens is 2. The molecule has 0 aliphatic heterocycles. The van der Waals surface area contributed by atoms with E-state index in [2.05, 4.69) is 25.5 Å². The molecule has 132 valence electrons. The van der Waals surface area contributed by atoms with Gasteiger partial charge in [-0.3, -0.25) is 9.59 Å². The smallest absolute Gasteiger partial charge is 0.272 e. The maximum Gasteiger partial charge on any atom is 0.272 e. The van der Waals surface area contributed by atoms with Gasteiger partial charge in [0.05, 0.1) is 23.1 Å². The molecule has 2 aromatic heterocycles. The highest BCUT2D eigenvalue weighted by Gasteiger charge is 2.09. The predicted octanol–water partition coefficient (Wildman–Crippen LogP) is 2.97. The Hall–Kier alpha value is -4.00. The van der Waals surface area contributed by atoms with Crippen molar-refractivity contribution in [2.45, 2.75) is 0 Å². The fourth-order valence-electron chi connectivity index (χ4n) is 2.79. The maximum atomic E-state index is 12.1. The molecule has 0 spiro atoms. The Bertz CT molecular complexity index is 1190. The highest BCUT2D eigenvalue weighted by atomic mass is 16.1. The number of benzene rings is 2. The monoisotopic (exact) mass is 357 g/mol. The van der Waals surface area contributed by atoms with E-state index in [1.807, 2.05) is 36.4 Å². The third-order valence-electron chi connectivity index (χ3n) is 4.02. The summed E-state index contributed by atoms with van der Waals surface area (Å²) in [5.41, 5.74) is 2.50. The van der Waals surface area contributed by atoms with E-state index in [0.717, 1.165) is 10.9 Å². The van der Waals surface area contributed by atoms with Crippen molar-refractivity contribution in [3.8, 4) is 11.3 Å². The molecule has 0 unspecified atom stereocenters. The van der Waals surface area contributed by atoms with E-state index >= 15 is 0 Å². The topological polar surface area (TPSA) is 104 Å². The first-order valence-corrected chi connectivity index (χ1v) is 8.26. The molecule has 2 aromatic carbocycles. The molecule has 7 nitrogen and oxygen atoms in total. The Labute approximate surface area is 153 Å². The van der Waals surface area contributed by atoms with Gasteiger partial charge in [0.2, 0.25) is 5.91 Å². The molecule has 7 heteroatoms. The molecule has 4 aromatic rings. The summed E-state index contributed by atoms with van der Waals surface area (Å²) >= 11 is 0. The third-order valence-corrected chi connectivity index (χ3v) is 4.02. The standard InChI is InChI=1S/C20H15N5O2/c26-18(9-8-15-11-21-12-22-15)23-14-5-3-4-13(10-14)19-16-6-1-2-7-17(16)20(27)25-24-19/h1-12H,(H,21,22)(H,23,26)(H,25,27)/b9-8+. The first-order valence-electron chi connectivity index (χ1n) is 8.26. The number of hydrogen-bond donors (Lipinski definition) is 3. The number of aromatic nitrogens is 4. The van der Waals surface area contributed by atoms with Crippen LogP contribution in [0.25, 0.3) is 28.1 Å². The number of nitrogens with one attached hydrogen (secondary N) is 3. The summed E-state index contributed by atoms with van der Waals surface area (Å²) in [7, 11) is 0. The van der Waals surface area contributed by atoms with Crippen LogP contribution in [0, 0.1) is 0 Å². The van der Waals surface area contributed by atoms with Crippen LogP contribution in [0.3, 0.4) is 0 Å². The number of anilines is 1. The Kier molecular flexibility index (Phi) is 4.32. The van der Waals surface area contributed by atoms with Crippen LogP contribution in [0.2, 0.25) is 0 Å². The normalized spacial score (nSPS) is 11.1. The van der Waals surface area contributed by atoms with Crippen LogP contribution in [-0.2, 0) is 4.79 Å². The maximum absolute atomic E-state index is 12.1. The zero-order chi connectivity index (χ0) is 18.6. The highest BCUT2D eigenvalue weighted by Crippen LogP contribution is 2.26. The summed E-state index contributed by atoms with van der Waals surface area (Å²) in [6.45, 7) is 0. The number of aromatic amines is 2. The molecule has 0 aliphatic rings. The summed E-state index contributed by atoms with van der Waals surface area (Å²) in [4.78, 5) is 30.9. The first kappa shape index (κ1) is 16.5. The minimum atomic E-state index is -0.269. The number of amides is 1. The molecule has 0 bridgehead atoms. The fourth-order valence-corrected chi connectivity index (χ4v) is 2.79. The predicted molar refractivity (Wildman–Crippen MR) is 104 cm³/mol. The van der Waals surface area contributed by atoms with Crippen LogP contribution in [0.1, 0.15) is 5.69 Å². The van der Waals surface area contributed by atoms with Crippen molar-refractivity contribution in [1.29, 1.82) is 0 Å². The second-order valence-corrected chi connectivity index (χ2v) is 5.84. The van der Waals surface area contributed by atoms with Crippen LogP contribution in [-0.4, -0.2) is 26.1 Å². The van der Waals surface area contributed by atoms with Crippen molar-refractivity contribution in [2.75, 3.05) is 5.32 Å². The van der Waals surface area contributed by atoms with Gasteiger partial charge in [-0.25, -0.2) is 10.1 Å². The number of carbonyl (C=O) groups excluding carboxylic acids is 1. The third kappa shape index (κ3) is 3.52. The quantitative estimate of drug-likeness (QED) is 0.489. The minimum Gasteiger partial charge on any atom is -0.351 e. The highest BCUT2D eigenvalue weighted by molar-refractivity contribution is 6.02. The number of fused-ring (bicyclic) bond motifs is 1. The number of imidazole rings is 1. The van der Waals surface area contributed by atoms with Crippen molar-refractivity contribution in [3.63, 3.8) is 0 Å². The van der Waals surface area contributed by atoms with E-state index in [-0.39, 0.29) is 11.5 Å². The van der Waals surface area contributed by atoms with Gasteiger partial charge in [0, 0.05) is 28.9 Å². The second kappa shape index (κ2) is 7.09. The molecule has 1 amide bonds. The van der Waals surface area contributed by atoms with Gasteiger partial charge >= 0.3 is 0 Å². The zero-order valence-electron chi connectivity index (χ0n) is 14.1. The average Bonchev–Trinajstić information content (AvgIpc) is 3.21. The molecule has 0 fully saturated rings. The molecule has 0 saturated heterocycles. The van der Waals surface area contributed by atoms with Crippen molar-refractivity contribution in [1.82, 2.24) is 20.2 Å². The molecule has 2 heterocycles. The lowest BCUT2D eigenvalue weighted by Gasteiger charge is -2.07. The van der Waals surface area contributed by atoms with E-state index < -0.39 is 0 Å². The summed E-state index contributed by atoms with van der Waals surface area (Å²) < 4.78 is 0. The number of hydrogen-bond acceptors (Lipinski definition) is 4. The largest absolute Gasteiger partial charge is 0.351 e. The summed E-state index contributed by atoms with van der Waals surface area (Å²) in [6.07, 6.45) is 6.27. The van der Waals surface area contributed by atoms with E-state index in [4.69, 9.17) is 0 Å². The van der Waals surface area contributed by atoms with Crippen molar-refractivity contribution < 1.29 is 4.79 Å². The molecule has 0 aliphatic carbocycles. The van der Waals surface area contributed by atoms with Gasteiger partial charge in [0.15, 0.2) is 0 Å². The van der Waals surface area contributed by atoms with Gasteiger partial charge in [-0.15, -0.1) is 0 Å². The summed E-state index contributed by atoms with van der Waals surface area (Å²) in [6, 6.07) is 14.6.